The van der Waals surface area contributed by atoms with Gasteiger partial charge in [-0.3, -0.25) is 0 Å². The monoisotopic (exact) mass is 307 g/mol. The van der Waals surface area contributed by atoms with Crippen LogP contribution in [-0.4, -0.2) is 25.1 Å². The molecule has 0 unspecified atom stereocenters. The molecule has 2 aliphatic heterocycles. The molecule has 0 spiro atoms. The van der Waals surface area contributed by atoms with E-state index in [0.717, 1.165) is 11.1 Å². The van der Waals surface area contributed by atoms with Gasteiger partial charge in [-0.2, -0.15) is 0 Å². The highest BCUT2D eigenvalue weighted by Crippen LogP contribution is 2.32. The number of hydrogen-bond donors (Lipinski definition) is 0. The van der Waals surface area contributed by atoms with Crippen LogP contribution < -0.4 is 9.47 Å². The Morgan fingerprint density at radius 1 is 0.957 bits per heavy atom. The number of benzene rings is 2. The van der Waals surface area contributed by atoms with Gasteiger partial charge < -0.3 is 14.2 Å². The van der Waals surface area contributed by atoms with E-state index in [1.165, 1.54) is 0 Å². The summed E-state index contributed by atoms with van der Waals surface area (Å²) in [6.07, 6.45) is 1.68. The quantitative estimate of drug-likeness (QED) is 0.632. The second-order valence-electron chi connectivity index (χ2n) is 5.11. The van der Waals surface area contributed by atoms with Gasteiger partial charge in [-0.05, 0) is 35.9 Å². The van der Waals surface area contributed by atoms with Crippen molar-refractivity contribution < 1.29 is 19.0 Å². The molecule has 23 heavy (non-hydrogen) atoms. The summed E-state index contributed by atoms with van der Waals surface area (Å²) in [4.78, 5) is 16.3. The fourth-order valence-electron chi connectivity index (χ4n) is 2.42. The van der Waals surface area contributed by atoms with Crippen LogP contribution in [0.5, 0.6) is 11.5 Å². The maximum atomic E-state index is 12.0. The molecule has 2 aromatic rings. The van der Waals surface area contributed by atoms with Crippen LogP contribution in [0.15, 0.2) is 59.2 Å². The Balaban J connectivity index is 1.66. The largest absolute Gasteiger partial charge is 0.486 e. The lowest BCUT2D eigenvalue weighted by atomic mass is 10.1. The molecule has 0 bridgehead atoms. The van der Waals surface area contributed by atoms with Crippen molar-refractivity contribution in [2.45, 2.75) is 0 Å². The van der Waals surface area contributed by atoms with Crippen LogP contribution in [0.25, 0.3) is 6.08 Å². The van der Waals surface area contributed by atoms with E-state index in [9.17, 15) is 4.79 Å². The highest BCUT2D eigenvalue weighted by atomic mass is 16.6. The van der Waals surface area contributed by atoms with Gasteiger partial charge in [0.15, 0.2) is 17.2 Å². The molecule has 0 fully saturated rings. The van der Waals surface area contributed by atoms with E-state index >= 15 is 0 Å². The number of nitrogens with zero attached hydrogens (tertiary/aromatic N) is 1. The molecular weight excluding hydrogens is 294 g/mol. The van der Waals surface area contributed by atoms with Crippen LogP contribution in [0.3, 0.4) is 0 Å². The number of carbonyl (C=O) groups excluding carboxylic acids is 1. The number of carbonyl (C=O) groups is 1. The third kappa shape index (κ3) is 2.68. The SMILES string of the molecule is O=C1OC(c2ccccc2)=N/C1=C\c1ccc2c(c1)OCCO2. The Bertz CT molecular complexity index is 824. The number of rotatable bonds is 2. The van der Waals surface area contributed by atoms with E-state index in [1.807, 2.05) is 48.5 Å². The zero-order valence-electron chi connectivity index (χ0n) is 12.2. The van der Waals surface area contributed by atoms with Gasteiger partial charge in [0.2, 0.25) is 5.90 Å². The second kappa shape index (κ2) is 5.61. The van der Waals surface area contributed by atoms with Crippen LogP contribution in [-0.2, 0) is 9.53 Å². The Kier molecular flexibility index (Phi) is 3.31. The van der Waals surface area contributed by atoms with Crippen LogP contribution in [0, 0.1) is 0 Å². The van der Waals surface area contributed by atoms with E-state index in [0.29, 0.717) is 30.6 Å². The lowest BCUT2D eigenvalue weighted by molar-refractivity contribution is -0.129. The van der Waals surface area contributed by atoms with Crippen LogP contribution in [0.2, 0.25) is 0 Å². The molecule has 0 saturated carbocycles. The first kappa shape index (κ1) is 13.6. The molecule has 0 saturated heterocycles. The van der Waals surface area contributed by atoms with E-state index < -0.39 is 5.97 Å². The normalized spacial score (nSPS) is 17.8. The number of cyclic esters (lactones) is 1. The highest BCUT2D eigenvalue weighted by Gasteiger charge is 2.24. The van der Waals surface area contributed by atoms with Gasteiger partial charge >= 0.3 is 5.97 Å². The topological polar surface area (TPSA) is 57.1 Å². The Morgan fingerprint density at radius 3 is 2.57 bits per heavy atom. The van der Waals surface area contributed by atoms with Crippen molar-refractivity contribution in [3.05, 3.63) is 65.4 Å². The molecule has 5 nitrogen and oxygen atoms in total. The van der Waals surface area contributed by atoms with Gasteiger partial charge in [0, 0.05) is 5.56 Å². The summed E-state index contributed by atoms with van der Waals surface area (Å²) in [5, 5.41) is 0. The lowest BCUT2D eigenvalue weighted by Gasteiger charge is -2.18. The number of aliphatic imine (C=N–C) groups is 1. The molecule has 2 aromatic carbocycles. The smallest absolute Gasteiger partial charge is 0.363 e. The van der Waals surface area contributed by atoms with Crippen molar-refractivity contribution in [1.82, 2.24) is 0 Å². The number of hydrogen-bond acceptors (Lipinski definition) is 5. The molecule has 0 amide bonds. The Morgan fingerprint density at radius 2 is 1.74 bits per heavy atom. The van der Waals surface area contributed by atoms with Gasteiger partial charge in [0.25, 0.3) is 0 Å². The average molecular weight is 307 g/mol. The summed E-state index contributed by atoms with van der Waals surface area (Å²) >= 11 is 0. The molecule has 0 radical (unpaired) electrons. The molecule has 0 N–H and O–H groups in total. The van der Waals surface area contributed by atoms with Crippen molar-refractivity contribution in [1.29, 1.82) is 0 Å². The number of ether oxygens (including phenoxy) is 3. The van der Waals surface area contributed by atoms with Gasteiger partial charge in [-0.1, -0.05) is 24.3 Å². The minimum absolute atomic E-state index is 0.264. The Labute approximate surface area is 132 Å². The Hall–Kier alpha value is -3.08. The molecule has 114 valence electrons. The zero-order valence-corrected chi connectivity index (χ0v) is 12.2. The first-order valence-electron chi connectivity index (χ1n) is 7.27. The maximum Gasteiger partial charge on any atom is 0.363 e. The summed E-state index contributed by atoms with van der Waals surface area (Å²) in [6, 6.07) is 14.8. The van der Waals surface area contributed by atoms with Crippen LogP contribution in [0.1, 0.15) is 11.1 Å². The number of fused-ring (bicyclic) bond motifs is 1. The molecule has 0 atom stereocenters. The van der Waals surface area contributed by atoms with Crippen molar-refractivity contribution >= 4 is 17.9 Å². The lowest BCUT2D eigenvalue weighted by Crippen LogP contribution is -2.15. The second-order valence-corrected chi connectivity index (χ2v) is 5.11. The minimum Gasteiger partial charge on any atom is -0.486 e. The minimum atomic E-state index is -0.459. The summed E-state index contributed by atoms with van der Waals surface area (Å²) in [5.74, 6) is 1.24. The van der Waals surface area contributed by atoms with E-state index in [-0.39, 0.29) is 5.70 Å². The predicted octanol–water partition coefficient (Wildman–Crippen LogP) is 2.80. The first-order valence-corrected chi connectivity index (χ1v) is 7.27. The summed E-state index contributed by atoms with van der Waals surface area (Å²) in [6.45, 7) is 1.07. The zero-order chi connectivity index (χ0) is 15.6. The predicted molar refractivity (Wildman–Crippen MR) is 84.5 cm³/mol. The molecular formula is C18H13NO4. The van der Waals surface area contributed by atoms with Gasteiger partial charge in [-0.25, -0.2) is 9.79 Å². The van der Waals surface area contributed by atoms with Gasteiger partial charge in [0.05, 0.1) is 0 Å². The molecule has 0 aromatic heterocycles. The van der Waals surface area contributed by atoms with E-state index in [2.05, 4.69) is 4.99 Å². The van der Waals surface area contributed by atoms with E-state index in [4.69, 9.17) is 14.2 Å². The molecule has 4 rings (SSSR count). The maximum absolute atomic E-state index is 12.0. The summed E-state index contributed by atoms with van der Waals surface area (Å²) < 4.78 is 16.3. The first-order chi connectivity index (χ1) is 11.3. The van der Waals surface area contributed by atoms with Crippen molar-refractivity contribution in [2.75, 3.05) is 13.2 Å². The highest BCUT2D eigenvalue weighted by molar-refractivity contribution is 6.12. The average Bonchev–Trinajstić information content (AvgIpc) is 2.96. The van der Waals surface area contributed by atoms with Crippen LogP contribution >= 0.6 is 0 Å². The fraction of sp³-hybridized carbons (Fsp3) is 0.111. The van der Waals surface area contributed by atoms with Gasteiger partial charge in [-0.15, -0.1) is 0 Å². The van der Waals surface area contributed by atoms with Crippen LogP contribution in [0.4, 0.5) is 0 Å². The van der Waals surface area contributed by atoms with E-state index in [1.54, 1.807) is 6.08 Å². The molecule has 2 heterocycles. The molecule has 5 heteroatoms. The van der Waals surface area contributed by atoms with Gasteiger partial charge in [0.1, 0.15) is 13.2 Å². The summed E-state index contributed by atoms with van der Waals surface area (Å²) in [5.41, 5.74) is 1.84. The summed E-state index contributed by atoms with van der Waals surface area (Å²) in [7, 11) is 0. The standard InChI is InChI=1S/C18H13NO4/c20-18-14(19-17(23-18)13-4-2-1-3-5-13)10-12-6-7-15-16(11-12)22-9-8-21-15/h1-7,10-11H,8-9H2/b14-10-. The third-order valence-electron chi connectivity index (χ3n) is 3.51. The van der Waals surface area contributed by atoms with Crippen molar-refractivity contribution in [2.24, 2.45) is 4.99 Å². The number of esters is 1. The van der Waals surface area contributed by atoms with Crippen molar-refractivity contribution in [3.8, 4) is 11.5 Å². The fourth-order valence-corrected chi connectivity index (χ4v) is 2.42. The third-order valence-corrected chi connectivity index (χ3v) is 3.51. The van der Waals surface area contributed by atoms with Crippen molar-refractivity contribution in [3.63, 3.8) is 0 Å². The molecule has 2 aliphatic rings. The molecule has 0 aliphatic carbocycles.